The van der Waals surface area contributed by atoms with Crippen molar-refractivity contribution < 1.29 is 13.2 Å². The zero-order chi connectivity index (χ0) is 43.7. The Balaban J connectivity index is 1.05. The van der Waals surface area contributed by atoms with Crippen LogP contribution in [0, 0.1) is 6.92 Å². The second-order valence-electron chi connectivity index (χ2n) is 17.6. The molecule has 2 saturated carbocycles. The number of fused-ring (bicyclic) bond motifs is 6. The smallest absolute Gasteiger partial charge is 0.248 e. The number of amides is 1. The summed E-state index contributed by atoms with van der Waals surface area (Å²) in [5.41, 5.74) is 11.6. The lowest BCUT2D eigenvalue weighted by Gasteiger charge is -2.43. The molecule has 3 aliphatic heterocycles. The number of carbonyl (C=O) groups is 1. The highest BCUT2D eigenvalue weighted by atomic mass is 32.2. The lowest BCUT2D eigenvalue weighted by molar-refractivity contribution is 0.1000. The van der Waals surface area contributed by atoms with E-state index in [0.717, 1.165) is 115 Å². The van der Waals surface area contributed by atoms with Crippen LogP contribution in [-0.4, -0.2) is 82.9 Å². The Hall–Kier alpha value is -6.03. The van der Waals surface area contributed by atoms with E-state index in [1.165, 1.54) is 24.7 Å². The summed E-state index contributed by atoms with van der Waals surface area (Å²) in [6.45, 7) is 8.57. The Kier molecular flexibility index (Phi) is 10.4. The summed E-state index contributed by atoms with van der Waals surface area (Å²) in [7, 11) is -3.36. The fourth-order valence-electron chi connectivity index (χ4n) is 10.8. The van der Waals surface area contributed by atoms with Gasteiger partial charge in [0.05, 0.1) is 34.6 Å². The first-order valence-electron chi connectivity index (χ1n) is 22.5. The molecular weight excluding hydrogens is 813 g/mol. The summed E-state index contributed by atoms with van der Waals surface area (Å²) in [5.74, 6) is 5.51. The highest BCUT2D eigenvalue weighted by molar-refractivity contribution is 7.90. The number of hydrogen-bond donors (Lipinski definition) is 1. The van der Waals surface area contributed by atoms with Crippen LogP contribution in [0.25, 0.3) is 28.5 Å². The lowest BCUT2D eigenvalue weighted by Crippen LogP contribution is -2.47. The Labute approximate surface area is 368 Å². The number of hydrogen-bond acceptors (Lipinski definition) is 12. The maximum Gasteiger partial charge on any atom is 0.248 e. The zero-order valence-electron chi connectivity index (χ0n) is 36.6. The maximum absolute atomic E-state index is 12.4. The standard InChI is InChI=1S/C47H54N12O3S/c1-6-28-19-23-38-44(50-40(28)29-17-21-35(22-18-29)63(5,61)62)58(36(7-2)46-54-52-27(4)56(38)46)34-20-16-32(25-34)43-53-55-47-37(8-3)57(33-14-9-10-15-33)45-39(59(43)47)26-49-42(51-45)31-13-11-12-30(24-31)41(48)60/h11-13,17-18,21-24,26,32-34,36-37H,6-10,14-16,19-20,25H2,1-5H3,(H2,48,60). The molecule has 16 heteroatoms. The van der Waals surface area contributed by atoms with Crippen molar-refractivity contribution in [2.24, 2.45) is 10.7 Å². The largest absolute Gasteiger partial charge is 0.366 e. The number of carbonyl (C=O) groups excluding carboxylic acids is 1. The molecule has 5 aromatic rings. The molecule has 10 rings (SSSR count). The number of amidine groups is 1. The van der Waals surface area contributed by atoms with Gasteiger partial charge >= 0.3 is 0 Å². The fourth-order valence-corrected chi connectivity index (χ4v) is 11.5. The summed E-state index contributed by atoms with van der Waals surface area (Å²) in [6, 6.07) is 14.7. The first-order chi connectivity index (χ1) is 30.5. The fraction of sp³-hybridized carbons (Fsp3) is 0.447. The predicted molar refractivity (Wildman–Crippen MR) is 242 cm³/mol. The summed E-state index contributed by atoms with van der Waals surface area (Å²) >= 11 is 0. The monoisotopic (exact) mass is 866 g/mol. The number of allylic oxidation sites excluding steroid dienone is 2. The van der Waals surface area contributed by atoms with Crippen molar-refractivity contribution in [3.8, 4) is 17.1 Å². The highest BCUT2D eigenvalue weighted by Gasteiger charge is 2.46. The number of aliphatic imine (C=N–C) groups is 1. The van der Waals surface area contributed by atoms with E-state index in [-0.39, 0.29) is 28.9 Å². The van der Waals surface area contributed by atoms with E-state index < -0.39 is 15.7 Å². The molecule has 2 aliphatic carbocycles. The van der Waals surface area contributed by atoms with E-state index in [1.807, 2.05) is 37.4 Å². The molecule has 2 fully saturated rings. The Morgan fingerprint density at radius 3 is 2.25 bits per heavy atom. The van der Waals surface area contributed by atoms with Crippen LogP contribution in [0.15, 0.2) is 76.3 Å². The van der Waals surface area contributed by atoms with Crippen LogP contribution in [0.5, 0.6) is 0 Å². The molecule has 0 saturated heterocycles. The van der Waals surface area contributed by atoms with Crippen LogP contribution < -0.4 is 10.6 Å². The number of aryl methyl sites for hydroxylation is 1. The van der Waals surface area contributed by atoms with Crippen LogP contribution in [0.1, 0.15) is 149 Å². The molecule has 1 amide bonds. The molecule has 5 aliphatic rings. The number of primary amides is 1. The second-order valence-corrected chi connectivity index (χ2v) is 19.7. The maximum atomic E-state index is 12.4. The number of rotatable bonds is 10. The summed E-state index contributed by atoms with van der Waals surface area (Å²) in [5, 5.41) is 19.4. The molecule has 0 radical (unpaired) electrons. The summed E-state index contributed by atoms with van der Waals surface area (Å²) in [4.78, 5) is 33.3. The van der Waals surface area contributed by atoms with Gasteiger partial charge in [-0.2, -0.15) is 0 Å². The third-order valence-corrected chi connectivity index (χ3v) is 15.0. The van der Waals surface area contributed by atoms with Crippen molar-refractivity contribution >= 4 is 38.8 Å². The van der Waals surface area contributed by atoms with Gasteiger partial charge in [0.1, 0.15) is 17.3 Å². The topological polar surface area (TPSA) is 183 Å². The number of nitrogens with two attached hydrogens (primary N) is 1. The SMILES string of the molecule is CCC1=C(c2ccc(S(C)(=O)=O)cc2)N=C2C(=CC1)n1c(C)nnc1C(CC)N2C1CCC(c2nnc3n2-c2cnc(-c4cccc(C(N)=O)c4)nc2N(C2CCCC2)C3CC)C1. The third-order valence-electron chi connectivity index (χ3n) is 13.9. The molecule has 0 spiro atoms. The van der Waals surface area contributed by atoms with Gasteiger partial charge in [0.2, 0.25) is 5.91 Å². The molecule has 6 heterocycles. The highest BCUT2D eigenvalue weighted by Crippen LogP contribution is 2.49. The number of anilines is 1. The zero-order valence-corrected chi connectivity index (χ0v) is 37.4. The van der Waals surface area contributed by atoms with Gasteiger partial charge in [-0.15, -0.1) is 20.4 Å². The normalized spacial score (nSPS) is 22.3. The van der Waals surface area contributed by atoms with Gasteiger partial charge < -0.3 is 15.5 Å². The van der Waals surface area contributed by atoms with Crippen molar-refractivity contribution in [2.75, 3.05) is 11.2 Å². The van der Waals surface area contributed by atoms with E-state index in [2.05, 4.69) is 50.9 Å². The first-order valence-corrected chi connectivity index (χ1v) is 24.4. The van der Waals surface area contributed by atoms with Crippen molar-refractivity contribution in [2.45, 2.75) is 133 Å². The Bertz CT molecular complexity index is 2830. The molecular formula is C47H54N12O3S. The average molecular weight is 867 g/mol. The molecule has 4 unspecified atom stereocenters. The van der Waals surface area contributed by atoms with Crippen LogP contribution in [-0.2, 0) is 9.84 Å². The predicted octanol–water partition coefficient (Wildman–Crippen LogP) is 7.91. The van der Waals surface area contributed by atoms with Crippen LogP contribution in [0.2, 0.25) is 0 Å². The summed E-state index contributed by atoms with van der Waals surface area (Å²) in [6.07, 6.45) is 15.7. The van der Waals surface area contributed by atoms with Crippen molar-refractivity contribution in [1.29, 1.82) is 0 Å². The quantitative estimate of drug-likeness (QED) is 0.144. The number of benzene rings is 2. The van der Waals surface area contributed by atoms with E-state index in [0.29, 0.717) is 23.9 Å². The van der Waals surface area contributed by atoms with E-state index in [9.17, 15) is 13.2 Å². The lowest BCUT2D eigenvalue weighted by atomic mass is 10.00. The molecule has 3 aromatic heterocycles. The van der Waals surface area contributed by atoms with Gasteiger partial charge in [-0.05, 0) is 94.5 Å². The minimum absolute atomic E-state index is 0.0163. The second kappa shape index (κ2) is 16.0. The van der Waals surface area contributed by atoms with Crippen molar-refractivity contribution in [1.82, 2.24) is 44.4 Å². The van der Waals surface area contributed by atoms with Crippen LogP contribution >= 0.6 is 0 Å². The van der Waals surface area contributed by atoms with Gasteiger partial charge in [0.15, 0.2) is 39.0 Å². The first kappa shape index (κ1) is 41.0. The molecule has 63 heavy (non-hydrogen) atoms. The molecule has 0 bridgehead atoms. The minimum Gasteiger partial charge on any atom is -0.366 e. The Morgan fingerprint density at radius 1 is 0.825 bits per heavy atom. The van der Waals surface area contributed by atoms with Gasteiger partial charge in [-0.25, -0.2) is 23.4 Å². The van der Waals surface area contributed by atoms with Gasteiger partial charge in [0, 0.05) is 40.9 Å². The van der Waals surface area contributed by atoms with Gasteiger partial charge in [0.25, 0.3) is 0 Å². The van der Waals surface area contributed by atoms with Crippen LogP contribution in [0.4, 0.5) is 5.82 Å². The number of nitrogens with zero attached hydrogens (tertiary/aromatic N) is 11. The molecule has 4 atom stereocenters. The molecule has 2 N–H and O–H groups in total. The molecule has 326 valence electrons. The van der Waals surface area contributed by atoms with Gasteiger partial charge in [-0.3, -0.25) is 13.9 Å². The van der Waals surface area contributed by atoms with E-state index >= 15 is 0 Å². The molecule has 15 nitrogen and oxygen atoms in total. The third kappa shape index (κ3) is 6.88. The number of sulfone groups is 1. The average Bonchev–Trinajstić information content (AvgIpc) is 4.12. The summed E-state index contributed by atoms with van der Waals surface area (Å²) < 4.78 is 29.3. The van der Waals surface area contributed by atoms with Crippen LogP contribution in [0.3, 0.4) is 0 Å². The number of aromatic nitrogens is 8. The van der Waals surface area contributed by atoms with Crippen molar-refractivity contribution in [3.63, 3.8) is 0 Å². The van der Waals surface area contributed by atoms with Gasteiger partial charge in [-0.1, -0.05) is 64.0 Å². The van der Waals surface area contributed by atoms with Crippen molar-refractivity contribution in [3.05, 3.63) is 101 Å². The molecule has 2 aromatic carbocycles. The van der Waals surface area contributed by atoms with E-state index in [1.54, 1.807) is 24.3 Å². The Morgan fingerprint density at radius 2 is 1.54 bits per heavy atom. The minimum atomic E-state index is -3.36. The van der Waals surface area contributed by atoms with E-state index in [4.69, 9.17) is 36.0 Å².